The quantitative estimate of drug-likeness (QED) is 0.353. The molecule has 2 rings (SSSR count). The molecule has 29 heavy (non-hydrogen) atoms. The molecule has 4 nitrogen and oxygen atoms in total. The minimum absolute atomic E-state index is 0.0704. The standard InChI is InChI=1S/C25H42O4/c1-4-5-6-7-8-9-10-11-12-16-19-27-23(21-17-14-13-15-18-21)24-22(20-26)28-25(2,3)29-24/h13-15,17-18,22-24,26H,4-12,16,19-20H2,1-3H3/t22-,23-,24+/m1/s1. The molecular weight excluding hydrogens is 364 g/mol. The molecule has 1 heterocycles. The van der Waals surface area contributed by atoms with Crippen molar-refractivity contribution in [3.05, 3.63) is 35.9 Å². The van der Waals surface area contributed by atoms with Gasteiger partial charge >= 0.3 is 0 Å². The van der Waals surface area contributed by atoms with Crippen LogP contribution >= 0.6 is 0 Å². The highest BCUT2D eigenvalue weighted by Crippen LogP contribution is 2.37. The van der Waals surface area contributed by atoms with Crippen LogP contribution < -0.4 is 0 Å². The summed E-state index contributed by atoms with van der Waals surface area (Å²) in [6.07, 6.45) is 12.2. The van der Waals surface area contributed by atoms with Gasteiger partial charge in [-0.25, -0.2) is 0 Å². The molecule has 0 spiro atoms. The van der Waals surface area contributed by atoms with Crippen molar-refractivity contribution >= 4 is 0 Å². The zero-order valence-electron chi connectivity index (χ0n) is 18.8. The minimum Gasteiger partial charge on any atom is -0.394 e. The van der Waals surface area contributed by atoms with E-state index in [1.807, 2.05) is 32.0 Å². The summed E-state index contributed by atoms with van der Waals surface area (Å²) < 4.78 is 18.3. The van der Waals surface area contributed by atoms with Crippen molar-refractivity contribution in [1.82, 2.24) is 0 Å². The molecule has 1 fully saturated rings. The molecule has 0 bridgehead atoms. The maximum atomic E-state index is 9.76. The van der Waals surface area contributed by atoms with Crippen LogP contribution in [0.3, 0.4) is 0 Å². The number of benzene rings is 1. The van der Waals surface area contributed by atoms with Crippen LogP contribution in [0, 0.1) is 0 Å². The van der Waals surface area contributed by atoms with Crippen LogP contribution in [0.1, 0.15) is 96.6 Å². The third-order valence-electron chi connectivity index (χ3n) is 5.62. The lowest BCUT2D eigenvalue weighted by molar-refractivity contribution is -0.161. The van der Waals surface area contributed by atoms with Crippen LogP contribution in [-0.2, 0) is 14.2 Å². The van der Waals surface area contributed by atoms with Crippen LogP contribution in [-0.4, -0.2) is 36.3 Å². The Bertz CT molecular complexity index is 531. The first-order valence-electron chi connectivity index (χ1n) is 11.7. The van der Waals surface area contributed by atoms with Crippen molar-refractivity contribution in [1.29, 1.82) is 0 Å². The highest BCUT2D eigenvalue weighted by molar-refractivity contribution is 5.19. The molecule has 3 atom stereocenters. The smallest absolute Gasteiger partial charge is 0.164 e. The van der Waals surface area contributed by atoms with Crippen molar-refractivity contribution in [2.45, 2.75) is 109 Å². The molecule has 4 heteroatoms. The van der Waals surface area contributed by atoms with E-state index < -0.39 is 5.79 Å². The number of hydrogen-bond donors (Lipinski definition) is 1. The van der Waals surface area contributed by atoms with E-state index in [9.17, 15) is 5.11 Å². The SMILES string of the molecule is CCCCCCCCCCCCO[C@H](c1ccccc1)[C@H]1OC(C)(C)O[C@@H]1CO. The van der Waals surface area contributed by atoms with E-state index in [1.165, 1.54) is 57.8 Å². The topological polar surface area (TPSA) is 47.9 Å². The van der Waals surface area contributed by atoms with Gasteiger partial charge in [-0.3, -0.25) is 0 Å². The van der Waals surface area contributed by atoms with Crippen molar-refractivity contribution < 1.29 is 19.3 Å². The summed E-state index contributed by atoms with van der Waals surface area (Å²) >= 11 is 0. The number of rotatable bonds is 15. The molecule has 1 aliphatic rings. The molecule has 1 aliphatic heterocycles. The summed E-state index contributed by atoms with van der Waals surface area (Å²) in [7, 11) is 0. The van der Waals surface area contributed by atoms with Gasteiger partial charge in [-0.2, -0.15) is 0 Å². The van der Waals surface area contributed by atoms with Gasteiger partial charge in [0.25, 0.3) is 0 Å². The molecule has 1 saturated heterocycles. The molecule has 1 aromatic carbocycles. The van der Waals surface area contributed by atoms with Gasteiger partial charge in [-0.1, -0.05) is 95.0 Å². The van der Waals surface area contributed by atoms with Crippen molar-refractivity contribution in [3.8, 4) is 0 Å². The second kappa shape index (κ2) is 13.4. The molecule has 1 aromatic rings. The van der Waals surface area contributed by atoms with E-state index in [2.05, 4.69) is 19.1 Å². The van der Waals surface area contributed by atoms with Crippen molar-refractivity contribution in [2.75, 3.05) is 13.2 Å². The Morgan fingerprint density at radius 1 is 0.897 bits per heavy atom. The Morgan fingerprint density at radius 3 is 2.07 bits per heavy atom. The summed E-state index contributed by atoms with van der Waals surface area (Å²) in [6, 6.07) is 10.2. The zero-order chi connectivity index (χ0) is 21.0. The molecule has 0 radical (unpaired) electrons. The van der Waals surface area contributed by atoms with Gasteiger partial charge < -0.3 is 19.3 Å². The third kappa shape index (κ3) is 8.75. The molecule has 0 aliphatic carbocycles. The average Bonchev–Trinajstić information content (AvgIpc) is 3.04. The van der Waals surface area contributed by atoms with E-state index in [-0.39, 0.29) is 24.9 Å². The molecule has 0 aromatic heterocycles. The first-order valence-corrected chi connectivity index (χ1v) is 11.7. The maximum Gasteiger partial charge on any atom is 0.164 e. The van der Waals surface area contributed by atoms with Gasteiger partial charge in [0.2, 0.25) is 0 Å². The maximum absolute atomic E-state index is 9.76. The van der Waals surface area contributed by atoms with Crippen LogP contribution in [0.25, 0.3) is 0 Å². The van der Waals surface area contributed by atoms with Gasteiger partial charge in [0, 0.05) is 6.61 Å². The minimum atomic E-state index is -0.703. The lowest BCUT2D eigenvalue weighted by atomic mass is 10.0. The number of ether oxygens (including phenoxy) is 3. The number of aliphatic hydroxyl groups is 1. The second-order valence-corrected chi connectivity index (χ2v) is 8.71. The highest BCUT2D eigenvalue weighted by Gasteiger charge is 2.45. The molecule has 0 unspecified atom stereocenters. The van der Waals surface area contributed by atoms with Gasteiger partial charge in [0.05, 0.1) is 6.61 Å². The lowest BCUT2D eigenvalue weighted by Crippen LogP contribution is -2.34. The Labute approximate surface area is 177 Å². The van der Waals surface area contributed by atoms with Crippen LogP contribution in [0.2, 0.25) is 0 Å². The Hall–Kier alpha value is -0.940. The molecule has 166 valence electrons. The highest BCUT2D eigenvalue weighted by atomic mass is 16.8. The second-order valence-electron chi connectivity index (χ2n) is 8.71. The normalized spacial score (nSPS) is 22.1. The monoisotopic (exact) mass is 406 g/mol. The summed E-state index contributed by atoms with van der Waals surface area (Å²) in [5, 5.41) is 9.76. The summed E-state index contributed by atoms with van der Waals surface area (Å²) in [4.78, 5) is 0. The fourth-order valence-corrected chi connectivity index (χ4v) is 4.08. The summed E-state index contributed by atoms with van der Waals surface area (Å²) in [5.74, 6) is -0.703. The molecule has 0 saturated carbocycles. The lowest BCUT2D eigenvalue weighted by Gasteiger charge is -2.27. The van der Waals surface area contributed by atoms with Crippen LogP contribution in [0.5, 0.6) is 0 Å². The van der Waals surface area contributed by atoms with Gasteiger partial charge in [-0.05, 0) is 25.8 Å². The summed E-state index contributed by atoms with van der Waals surface area (Å²) in [5.41, 5.74) is 1.07. The van der Waals surface area contributed by atoms with E-state index in [0.717, 1.165) is 12.0 Å². The molecular formula is C25H42O4. The summed E-state index contributed by atoms with van der Waals surface area (Å²) in [6.45, 7) is 6.68. The molecule has 1 N–H and O–H groups in total. The number of hydrogen-bond acceptors (Lipinski definition) is 4. The Kier molecular flexibility index (Phi) is 11.2. The fourth-order valence-electron chi connectivity index (χ4n) is 4.08. The third-order valence-corrected chi connectivity index (χ3v) is 5.62. The number of aliphatic hydroxyl groups excluding tert-OH is 1. The first kappa shape index (κ1) is 24.3. The zero-order valence-corrected chi connectivity index (χ0v) is 18.8. The van der Waals surface area contributed by atoms with Crippen molar-refractivity contribution in [3.63, 3.8) is 0 Å². The van der Waals surface area contributed by atoms with Gasteiger partial charge in [0.1, 0.15) is 18.3 Å². The van der Waals surface area contributed by atoms with E-state index in [4.69, 9.17) is 14.2 Å². The van der Waals surface area contributed by atoms with Crippen LogP contribution in [0.15, 0.2) is 30.3 Å². The average molecular weight is 407 g/mol. The van der Waals surface area contributed by atoms with Gasteiger partial charge in [0.15, 0.2) is 5.79 Å². The predicted octanol–water partition coefficient (Wildman–Crippen LogP) is 6.18. The van der Waals surface area contributed by atoms with E-state index in [0.29, 0.717) is 6.61 Å². The van der Waals surface area contributed by atoms with E-state index >= 15 is 0 Å². The Morgan fingerprint density at radius 2 is 1.48 bits per heavy atom. The fraction of sp³-hybridized carbons (Fsp3) is 0.760. The van der Waals surface area contributed by atoms with Crippen molar-refractivity contribution in [2.24, 2.45) is 0 Å². The number of unbranched alkanes of at least 4 members (excludes halogenated alkanes) is 9. The molecule has 0 amide bonds. The largest absolute Gasteiger partial charge is 0.394 e. The van der Waals surface area contributed by atoms with Crippen LogP contribution in [0.4, 0.5) is 0 Å². The Balaban J connectivity index is 1.74. The predicted molar refractivity (Wildman–Crippen MR) is 118 cm³/mol. The first-order chi connectivity index (χ1) is 14.1. The van der Waals surface area contributed by atoms with Gasteiger partial charge in [-0.15, -0.1) is 0 Å². The van der Waals surface area contributed by atoms with E-state index in [1.54, 1.807) is 0 Å².